The normalized spacial score (nSPS) is 20.6. The lowest BCUT2D eigenvalue weighted by Gasteiger charge is -2.49. The zero-order chi connectivity index (χ0) is 21.5. The number of aromatic nitrogens is 2. The molecule has 14 heteroatoms. The number of aryl methyl sites for hydroxylation is 1. The van der Waals surface area contributed by atoms with Crippen LogP contribution in [0.2, 0.25) is 0 Å². The Kier molecular flexibility index (Phi) is 5.28. The van der Waals surface area contributed by atoms with Gasteiger partial charge in [0.05, 0.1) is 4.92 Å². The SMILES string of the molecule is CC(=O)OCC1=C(C(=O)O)N2C(=O)[C@H](NC(=O)c3c([N+](=O)[O-])cnn3C)[C@H]2SC1. The molecule has 1 fully saturated rings. The molecule has 0 bridgehead atoms. The first kappa shape index (κ1) is 20.3. The molecule has 2 aliphatic rings. The molecule has 0 aliphatic carbocycles. The summed E-state index contributed by atoms with van der Waals surface area (Å²) in [6, 6.07) is -1.06. The Morgan fingerprint density at radius 3 is 2.76 bits per heavy atom. The number of ether oxygens (including phenoxy) is 1. The number of amides is 2. The maximum atomic E-state index is 12.5. The number of hydrogen-bond donors (Lipinski definition) is 2. The summed E-state index contributed by atoms with van der Waals surface area (Å²) < 4.78 is 5.86. The lowest BCUT2D eigenvalue weighted by Crippen LogP contribution is -2.70. The van der Waals surface area contributed by atoms with Gasteiger partial charge in [-0.05, 0) is 0 Å². The minimum atomic E-state index is -1.36. The average Bonchev–Trinajstić information content (AvgIpc) is 3.04. The van der Waals surface area contributed by atoms with Crippen LogP contribution < -0.4 is 5.32 Å². The van der Waals surface area contributed by atoms with Crippen LogP contribution in [0, 0.1) is 10.1 Å². The van der Waals surface area contributed by atoms with Crippen LogP contribution in [0.3, 0.4) is 0 Å². The molecule has 3 rings (SSSR count). The molecule has 2 aliphatic heterocycles. The fourth-order valence-corrected chi connectivity index (χ4v) is 4.34. The van der Waals surface area contributed by atoms with Gasteiger partial charge in [-0.2, -0.15) is 5.10 Å². The third kappa shape index (κ3) is 3.53. The van der Waals surface area contributed by atoms with Crippen molar-refractivity contribution in [3.8, 4) is 0 Å². The number of thioether (sulfide) groups is 1. The maximum Gasteiger partial charge on any atom is 0.352 e. The summed E-state index contributed by atoms with van der Waals surface area (Å²) >= 11 is 1.18. The quantitative estimate of drug-likeness (QED) is 0.255. The van der Waals surface area contributed by atoms with E-state index in [1.165, 1.54) is 25.7 Å². The van der Waals surface area contributed by atoms with Crippen LogP contribution in [0.4, 0.5) is 5.69 Å². The van der Waals surface area contributed by atoms with Gasteiger partial charge in [-0.25, -0.2) is 4.79 Å². The van der Waals surface area contributed by atoms with Crippen molar-refractivity contribution in [1.29, 1.82) is 0 Å². The van der Waals surface area contributed by atoms with Gasteiger partial charge >= 0.3 is 17.6 Å². The molecule has 29 heavy (non-hydrogen) atoms. The number of nitro groups is 1. The van der Waals surface area contributed by atoms with Gasteiger partial charge in [-0.1, -0.05) is 0 Å². The van der Waals surface area contributed by atoms with Gasteiger partial charge in [0.1, 0.15) is 29.9 Å². The number of fused-ring (bicyclic) bond motifs is 1. The zero-order valence-electron chi connectivity index (χ0n) is 15.1. The lowest BCUT2D eigenvalue weighted by atomic mass is 10.0. The van der Waals surface area contributed by atoms with Gasteiger partial charge in [-0.3, -0.25) is 34.1 Å². The zero-order valence-corrected chi connectivity index (χ0v) is 16.0. The number of esters is 1. The molecule has 0 saturated carbocycles. The van der Waals surface area contributed by atoms with Crippen molar-refractivity contribution < 1.29 is 33.9 Å². The molecule has 154 valence electrons. The number of nitrogens with zero attached hydrogens (tertiary/aromatic N) is 4. The molecule has 0 spiro atoms. The summed E-state index contributed by atoms with van der Waals surface area (Å²) in [5, 5.41) is 25.9. The van der Waals surface area contributed by atoms with E-state index in [0.29, 0.717) is 0 Å². The largest absolute Gasteiger partial charge is 0.477 e. The molecule has 1 aromatic heterocycles. The topological polar surface area (TPSA) is 174 Å². The van der Waals surface area contributed by atoms with E-state index >= 15 is 0 Å². The number of carbonyl (C=O) groups excluding carboxylic acids is 3. The number of carboxylic acid groups (broad SMARTS) is 1. The summed E-state index contributed by atoms with van der Waals surface area (Å²) in [4.78, 5) is 59.0. The fraction of sp³-hybridized carbons (Fsp3) is 0.400. The molecule has 13 nitrogen and oxygen atoms in total. The Balaban J connectivity index is 1.80. The van der Waals surface area contributed by atoms with Crippen molar-refractivity contribution in [3.05, 3.63) is 33.3 Å². The maximum absolute atomic E-state index is 12.5. The van der Waals surface area contributed by atoms with Crippen molar-refractivity contribution in [2.24, 2.45) is 7.05 Å². The van der Waals surface area contributed by atoms with E-state index in [4.69, 9.17) is 4.74 Å². The van der Waals surface area contributed by atoms with Gasteiger partial charge in [0.2, 0.25) is 5.69 Å². The van der Waals surface area contributed by atoms with Crippen LogP contribution in [-0.2, 0) is 26.2 Å². The highest BCUT2D eigenvalue weighted by molar-refractivity contribution is 8.00. The second kappa shape index (κ2) is 7.54. The van der Waals surface area contributed by atoms with Gasteiger partial charge in [-0.15, -0.1) is 11.8 Å². The second-order valence-corrected chi connectivity index (χ2v) is 7.26. The Hall–Kier alpha value is -3.42. The van der Waals surface area contributed by atoms with Crippen molar-refractivity contribution in [2.45, 2.75) is 18.3 Å². The first-order valence-electron chi connectivity index (χ1n) is 8.14. The van der Waals surface area contributed by atoms with Gasteiger partial charge in [0, 0.05) is 25.3 Å². The second-order valence-electron chi connectivity index (χ2n) is 6.16. The van der Waals surface area contributed by atoms with Crippen LogP contribution in [0.1, 0.15) is 17.4 Å². The van der Waals surface area contributed by atoms with E-state index in [9.17, 15) is 34.4 Å². The third-order valence-electron chi connectivity index (χ3n) is 4.32. The van der Waals surface area contributed by atoms with Crippen molar-refractivity contribution in [1.82, 2.24) is 20.0 Å². The number of hydrogen-bond acceptors (Lipinski definition) is 9. The smallest absolute Gasteiger partial charge is 0.352 e. The first-order chi connectivity index (χ1) is 13.6. The minimum absolute atomic E-state index is 0.168. The van der Waals surface area contributed by atoms with Crippen LogP contribution in [-0.4, -0.2) is 72.2 Å². The molecule has 2 N–H and O–H groups in total. The van der Waals surface area contributed by atoms with Crippen LogP contribution in [0.5, 0.6) is 0 Å². The number of nitrogens with one attached hydrogen (secondary N) is 1. The van der Waals surface area contributed by atoms with E-state index < -0.39 is 45.8 Å². The predicted molar refractivity (Wildman–Crippen MR) is 95.5 cm³/mol. The summed E-state index contributed by atoms with van der Waals surface area (Å²) in [6.07, 6.45) is 0.922. The molecule has 1 aromatic rings. The van der Waals surface area contributed by atoms with E-state index in [1.807, 2.05) is 0 Å². The fourth-order valence-electron chi connectivity index (χ4n) is 3.02. The lowest BCUT2D eigenvalue weighted by molar-refractivity contribution is -0.385. The third-order valence-corrected chi connectivity index (χ3v) is 5.66. The highest BCUT2D eigenvalue weighted by atomic mass is 32.2. The molecular weight excluding hydrogens is 410 g/mol. The molecule has 2 atom stereocenters. The summed E-state index contributed by atoms with van der Waals surface area (Å²) in [5.74, 6) is -3.34. The first-order valence-corrected chi connectivity index (χ1v) is 9.19. The highest BCUT2D eigenvalue weighted by Gasteiger charge is 2.54. The Bertz CT molecular complexity index is 970. The Morgan fingerprint density at radius 1 is 1.48 bits per heavy atom. The number of carboxylic acids is 1. The molecule has 1 saturated heterocycles. The van der Waals surface area contributed by atoms with E-state index in [0.717, 1.165) is 15.8 Å². The van der Waals surface area contributed by atoms with E-state index in [1.54, 1.807) is 0 Å². The van der Waals surface area contributed by atoms with Crippen LogP contribution in [0.25, 0.3) is 0 Å². The van der Waals surface area contributed by atoms with Gasteiger partial charge in [0.15, 0.2) is 0 Å². The molecular formula is C15H15N5O8S. The summed E-state index contributed by atoms with van der Waals surface area (Å²) in [5.41, 5.74) is -0.877. The highest BCUT2D eigenvalue weighted by Crippen LogP contribution is 2.40. The van der Waals surface area contributed by atoms with E-state index in [2.05, 4.69) is 10.4 Å². The van der Waals surface area contributed by atoms with Crippen LogP contribution in [0.15, 0.2) is 17.5 Å². The number of aliphatic carboxylic acids is 1. The van der Waals surface area contributed by atoms with E-state index in [-0.39, 0.29) is 29.3 Å². The molecule has 0 aromatic carbocycles. The number of β-lactam (4-membered cyclic amide) rings is 1. The molecule has 0 radical (unpaired) electrons. The van der Waals surface area contributed by atoms with Crippen LogP contribution >= 0.6 is 11.8 Å². The van der Waals surface area contributed by atoms with Crippen molar-refractivity contribution in [2.75, 3.05) is 12.4 Å². The van der Waals surface area contributed by atoms with Gasteiger partial charge in [0.25, 0.3) is 11.8 Å². The minimum Gasteiger partial charge on any atom is -0.477 e. The Labute approximate surface area is 166 Å². The number of carbonyl (C=O) groups is 4. The Morgan fingerprint density at radius 2 is 2.17 bits per heavy atom. The molecule has 3 heterocycles. The van der Waals surface area contributed by atoms with Gasteiger partial charge < -0.3 is 15.2 Å². The molecule has 2 amide bonds. The summed E-state index contributed by atoms with van der Waals surface area (Å²) in [6.45, 7) is 0.913. The summed E-state index contributed by atoms with van der Waals surface area (Å²) in [7, 11) is 1.35. The monoisotopic (exact) mass is 425 g/mol. The standard InChI is InChI=1S/C15H15N5O8S/c1-6(21)28-4-7-5-29-14-9(13(23)19(14)10(7)15(24)25)17-12(22)11-8(20(26)27)3-16-18(11)2/h3,9,14H,4-5H2,1-2H3,(H,17,22)(H,24,25)/t9-,14+/m0/s1. The predicted octanol–water partition coefficient (Wildman–Crippen LogP) is -0.756. The van der Waals surface area contributed by atoms with Crippen molar-refractivity contribution >= 4 is 41.2 Å². The average molecular weight is 425 g/mol. The number of rotatable bonds is 6. The van der Waals surface area contributed by atoms with Crippen molar-refractivity contribution in [3.63, 3.8) is 0 Å². The molecule has 0 unspecified atom stereocenters.